The van der Waals surface area contributed by atoms with E-state index in [0.717, 1.165) is 45.2 Å². The van der Waals surface area contributed by atoms with Crippen LogP contribution in [0.5, 0.6) is 0 Å². The van der Waals surface area contributed by atoms with Crippen LogP contribution in [0.25, 0.3) is 0 Å². The van der Waals surface area contributed by atoms with E-state index in [1.54, 1.807) is 6.07 Å². The zero-order valence-electron chi connectivity index (χ0n) is 14.7. The van der Waals surface area contributed by atoms with E-state index in [4.69, 9.17) is 9.26 Å². The summed E-state index contributed by atoms with van der Waals surface area (Å²) in [5.41, 5.74) is 0.412. The average molecular weight is 323 g/mol. The number of ether oxygens (including phenoxy) is 1. The van der Waals surface area contributed by atoms with Crippen LogP contribution in [0.4, 0.5) is 0 Å². The number of hydrogen-bond acceptors (Lipinski definition) is 5. The molecular formula is C17H29N3O3. The van der Waals surface area contributed by atoms with Crippen molar-refractivity contribution in [3.8, 4) is 0 Å². The SMILES string of the molecule is CC(C)CN(CC(C)C)C(=O)c1cc(CN2CCOCC2)on1. The molecule has 0 saturated carbocycles. The molecule has 2 rings (SSSR count). The topological polar surface area (TPSA) is 58.8 Å². The lowest BCUT2D eigenvalue weighted by Crippen LogP contribution is -2.37. The van der Waals surface area contributed by atoms with Gasteiger partial charge in [-0.3, -0.25) is 9.69 Å². The van der Waals surface area contributed by atoms with Crippen molar-refractivity contribution in [2.75, 3.05) is 39.4 Å². The number of nitrogens with zero attached hydrogens (tertiary/aromatic N) is 3. The normalized spacial score (nSPS) is 16.3. The van der Waals surface area contributed by atoms with Gasteiger partial charge < -0.3 is 14.2 Å². The number of carbonyl (C=O) groups is 1. The Morgan fingerprint density at radius 2 is 1.83 bits per heavy atom. The van der Waals surface area contributed by atoms with Crippen molar-refractivity contribution < 1.29 is 14.1 Å². The minimum Gasteiger partial charge on any atom is -0.379 e. The third-order valence-corrected chi connectivity index (χ3v) is 3.72. The summed E-state index contributed by atoms with van der Waals surface area (Å²) in [5, 5.41) is 3.99. The maximum Gasteiger partial charge on any atom is 0.276 e. The first-order chi connectivity index (χ1) is 11.0. The van der Waals surface area contributed by atoms with Gasteiger partial charge in [-0.15, -0.1) is 0 Å². The second kappa shape index (κ2) is 8.45. The lowest BCUT2D eigenvalue weighted by Gasteiger charge is -2.25. The molecule has 1 aliphatic rings. The first-order valence-corrected chi connectivity index (χ1v) is 8.50. The number of carbonyl (C=O) groups excluding carboxylic acids is 1. The Balaban J connectivity index is 1.99. The van der Waals surface area contributed by atoms with Crippen LogP contribution >= 0.6 is 0 Å². The van der Waals surface area contributed by atoms with Gasteiger partial charge in [0, 0.05) is 32.2 Å². The van der Waals surface area contributed by atoms with Crippen LogP contribution in [0.15, 0.2) is 10.6 Å². The van der Waals surface area contributed by atoms with Gasteiger partial charge in [0.1, 0.15) is 0 Å². The number of morpholine rings is 1. The number of hydrogen-bond donors (Lipinski definition) is 0. The summed E-state index contributed by atoms with van der Waals surface area (Å²) in [6.07, 6.45) is 0. The lowest BCUT2D eigenvalue weighted by molar-refractivity contribution is 0.0305. The molecule has 0 aliphatic carbocycles. The Bertz CT molecular complexity index is 483. The smallest absolute Gasteiger partial charge is 0.276 e. The van der Waals surface area contributed by atoms with Crippen LogP contribution in [-0.4, -0.2) is 60.3 Å². The van der Waals surface area contributed by atoms with Gasteiger partial charge in [0.05, 0.1) is 19.8 Å². The molecule has 0 spiro atoms. The van der Waals surface area contributed by atoms with Gasteiger partial charge in [0.25, 0.3) is 5.91 Å². The van der Waals surface area contributed by atoms with E-state index >= 15 is 0 Å². The highest BCUT2D eigenvalue weighted by atomic mass is 16.5. The van der Waals surface area contributed by atoms with Crippen LogP contribution in [0.1, 0.15) is 43.9 Å². The molecule has 0 N–H and O–H groups in total. The standard InChI is InChI=1S/C17H29N3O3/c1-13(2)10-20(11-14(3)4)17(21)16-9-15(23-18-16)12-19-5-7-22-8-6-19/h9,13-14H,5-8,10-12H2,1-4H3. The van der Waals surface area contributed by atoms with Crippen LogP contribution in [0, 0.1) is 11.8 Å². The van der Waals surface area contributed by atoms with E-state index in [9.17, 15) is 4.79 Å². The Morgan fingerprint density at radius 3 is 2.39 bits per heavy atom. The van der Waals surface area contributed by atoms with E-state index in [1.165, 1.54) is 0 Å². The molecule has 0 atom stereocenters. The fraction of sp³-hybridized carbons (Fsp3) is 0.765. The molecule has 0 radical (unpaired) electrons. The Labute approximate surface area is 138 Å². The van der Waals surface area contributed by atoms with Gasteiger partial charge in [0.15, 0.2) is 11.5 Å². The Morgan fingerprint density at radius 1 is 1.22 bits per heavy atom. The van der Waals surface area contributed by atoms with E-state index in [1.807, 2.05) is 4.90 Å². The number of rotatable bonds is 7. The minimum absolute atomic E-state index is 0.0376. The highest BCUT2D eigenvalue weighted by molar-refractivity contribution is 5.92. The quantitative estimate of drug-likeness (QED) is 0.770. The number of amides is 1. The maximum atomic E-state index is 12.7. The third kappa shape index (κ3) is 5.62. The van der Waals surface area contributed by atoms with Gasteiger partial charge >= 0.3 is 0 Å². The summed E-state index contributed by atoms with van der Waals surface area (Å²) >= 11 is 0. The van der Waals surface area contributed by atoms with Crippen LogP contribution in [0.3, 0.4) is 0 Å². The second-order valence-electron chi connectivity index (χ2n) is 7.06. The second-order valence-corrected chi connectivity index (χ2v) is 7.06. The highest BCUT2D eigenvalue weighted by Crippen LogP contribution is 2.13. The third-order valence-electron chi connectivity index (χ3n) is 3.72. The predicted octanol–water partition coefficient (Wildman–Crippen LogP) is 2.26. The Kier molecular flexibility index (Phi) is 6.59. The number of aromatic nitrogens is 1. The van der Waals surface area contributed by atoms with Crippen LogP contribution in [-0.2, 0) is 11.3 Å². The van der Waals surface area contributed by atoms with Crippen molar-refractivity contribution in [2.45, 2.75) is 34.2 Å². The molecule has 130 valence electrons. The molecule has 23 heavy (non-hydrogen) atoms. The Hall–Kier alpha value is -1.40. The predicted molar refractivity (Wildman–Crippen MR) is 88.2 cm³/mol. The van der Waals surface area contributed by atoms with E-state index in [2.05, 4.69) is 37.8 Å². The molecule has 1 fully saturated rings. The van der Waals surface area contributed by atoms with E-state index in [-0.39, 0.29) is 5.91 Å². The van der Waals surface area contributed by atoms with Crippen LogP contribution < -0.4 is 0 Å². The highest BCUT2D eigenvalue weighted by Gasteiger charge is 2.22. The van der Waals surface area contributed by atoms with Crippen molar-refractivity contribution in [3.05, 3.63) is 17.5 Å². The molecule has 6 nitrogen and oxygen atoms in total. The van der Waals surface area contributed by atoms with Crippen LogP contribution in [0.2, 0.25) is 0 Å². The van der Waals surface area contributed by atoms with Crippen molar-refractivity contribution in [1.29, 1.82) is 0 Å². The molecule has 2 heterocycles. The molecule has 1 aliphatic heterocycles. The van der Waals surface area contributed by atoms with Crippen molar-refractivity contribution in [3.63, 3.8) is 0 Å². The fourth-order valence-corrected chi connectivity index (χ4v) is 2.75. The van der Waals surface area contributed by atoms with Crippen molar-refractivity contribution in [2.24, 2.45) is 11.8 Å². The minimum atomic E-state index is -0.0376. The van der Waals surface area contributed by atoms with Gasteiger partial charge in [-0.1, -0.05) is 32.9 Å². The summed E-state index contributed by atoms with van der Waals surface area (Å²) in [6.45, 7) is 13.9. The van der Waals surface area contributed by atoms with Crippen molar-refractivity contribution >= 4 is 5.91 Å². The molecule has 0 bridgehead atoms. The largest absolute Gasteiger partial charge is 0.379 e. The lowest BCUT2D eigenvalue weighted by atomic mass is 10.1. The molecule has 1 saturated heterocycles. The zero-order valence-corrected chi connectivity index (χ0v) is 14.7. The molecule has 0 aromatic carbocycles. The first-order valence-electron chi connectivity index (χ1n) is 8.50. The summed E-state index contributed by atoms with van der Waals surface area (Å²) in [4.78, 5) is 16.8. The van der Waals surface area contributed by atoms with Gasteiger partial charge in [0.2, 0.25) is 0 Å². The summed E-state index contributed by atoms with van der Waals surface area (Å²) < 4.78 is 10.7. The van der Waals surface area contributed by atoms with Gasteiger partial charge in [-0.2, -0.15) is 0 Å². The first kappa shape index (κ1) is 17.9. The average Bonchev–Trinajstić information content (AvgIpc) is 2.94. The molecule has 1 aromatic rings. The molecule has 0 unspecified atom stereocenters. The summed E-state index contributed by atoms with van der Waals surface area (Å²) in [7, 11) is 0. The molecule has 1 aromatic heterocycles. The van der Waals surface area contributed by atoms with E-state index in [0.29, 0.717) is 24.1 Å². The van der Waals surface area contributed by atoms with Crippen molar-refractivity contribution in [1.82, 2.24) is 15.0 Å². The maximum absolute atomic E-state index is 12.7. The monoisotopic (exact) mass is 323 g/mol. The summed E-state index contributed by atoms with van der Waals surface area (Å²) in [5.74, 6) is 1.56. The molecule has 6 heteroatoms. The zero-order chi connectivity index (χ0) is 16.8. The van der Waals surface area contributed by atoms with E-state index < -0.39 is 0 Å². The van der Waals surface area contributed by atoms with Gasteiger partial charge in [-0.05, 0) is 11.8 Å². The van der Waals surface area contributed by atoms with Gasteiger partial charge in [-0.25, -0.2) is 0 Å². The molecular weight excluding hydrogens is 294 g/mol. The molecule has 1 amide bonds. The summed E-state index contributed by atoms with van der Waals surface area (Å²) in [6, 6.07) is 1.78. The fourth-order valence-electron chi connectivity index (χ4n) is 2.75.